The molecule has 1 aromatic carbocycles. The SMILES string of the molecule is CCc1cccc(NC(=O)CN(CCO)Cc2cccnc2)c1. The van der Waals surface area contributed by atoms with Gasteiger partial charge in [-0.25, -0.2) is 0 Å². The summed E-state index contributed by atoms with van der Waals surface area (Å²) < 4.78 is 0. The van der Waals surface area contributed by atoms with Crippen LogP contribution in [0.25, 0.3) is 0 Å². The first-order valence-electron chi connectivity index (χ1n) is 7.82. The molecule has 1 amide bonds. The van der Waals surface area contributed by atoms with E-state index in [1.807, 2.05) is 41.3 Å². The van der Waals surface area contributed by atoms with Crippen molar-refractivity contribution < 1.29 is 9.90 Å². The molecule has 5 heteroatoms. The standard InChI is InChI=1S/C18H23N3O2/c1-2-15-5-3-7-17(11-15)20-18(23)14-21(9-10-22)13-16-6-4-8-19-12-16/h3-8,11-12,22H,2,9-10,13-14H2,1H3,(H,20,23). The first kappa shape index (κ1) is 17.1. The van der Waals surface area contributed by atoms with Crippen LogP contribution in [0.1, 0.15) is 18.1 Å². The Balaban J connectivity index is 1.94. The van der Waals surface area contributed by atoms with Crippen molar-refractivity contribution in [3.05, 3.63) is 59.9 Å². The van der Waals surface area contributed by atoms with Crippen molar-refractivity contribution >= 4 is 11.6 Å². The van der Waals surface area contributed by atoms with Gasteiger partial charge in [0.2, 0.25) is 5.91 Å². The van der Waals surface area contributed by atoms with Crippen molar-refractivity contribution in [3.63, 3.8) is 0 Å². The average molecular weight is 313 g/mol. The van der Waals surface area contributed by atoms with Crippen LogP contribution in [-0.4, -0.2) is 40.6 Å². The van der Waals surface area contributed by atoms with Gasteiger partial charge in [0, 0.05) is 31.2 Å². The molecule has 23 heavy (non-hydrogen) atoms. The van der Waals surface area contributed by atoms with Gasteiger partial charge in [0.25, 0.3) is 0 Å². The van der Waals surface area contributed by atoms with E-state index in [1.165, 1.54) is 5.56 Å². The normalized spacial score (nSPS) is 10.7. The van der Waals surface area contributed by atoms with Crippen molar-refractivity contribution in [2.24, 2.45) is 0 Å². The van der Waals surface area contributed by atoms with E-state index in [0.717, 1.165) is 17.7 Å². The Morgan fingerprint density at radius 3 is 2.78 bits per heavy atom. The highest BCUT2D eigenvalue weighted by Gasteiger charge is 2.11. The van der Waals surface area contributed by atoms with Gasteiger partial charge in [-0.2, -0.15) is 0 Å². The molecule has 122 valence electrons. The summed E-state index contributed by atoms with van der Waals surface area (Å²) in [4.78, 5) is 18.2. The van der Waals surface area contributed by atoms with Crippen molar-refractivity contribution in [1.29, 1.82) is 0 Å². The van der Waals surface area contributed by atoms with Gasteiger partial charge in [0.1, 0.15) is 0 Å². The molecule has 0 aliphatic rings. The molecule has 0 atom stereocenters. The Morgan fingerprint density at radius 2 is 2.09 bits per heavy atom. The summed E-state index contributed by atoms with van der Waals surface area (Å²) >= 11 is 0. The van der Waals surface area contributed by atoms with E-state index in [-0.39, 0.29) is 19.1 Å². The lowest BCUT2D eigenvalue weighted by Gasteiger charge is -2.20. The second-order valence-corrected chi connectivity index (χ2v) is 5.40. The first-order valence-corrected chi connectivity index (χ1v) is 7.82. The summed E-state index contributed by atoms with van der Waals surface area (Å²) in [5.41, 5.74) is 3.01. The summed E-state index contributed by atoms with van der Waals surface area (Å²) in [5, 5.41) is 12.1. The van der Waals surface area contributed by atoms with Crippen molar-refractivity contribution in [3.8, 4) is 0 Å². The van der Waals surface area contributed by atoms with E-state index in [1.54, 1.807) is 12.4 Å². The highest BCUT2D eigenvalue weighted by molar-refractivity contribution is 5.92. The molecule has 5 nitrogen and oxygen atoms in total. The maximum atomic E-state index is 12.2. The molecule has 0 bridgehead atoms. The fourth-order valence-corrected chi connectivity index (χ4v) is 2.38. The molecular formula is C18H23N3O2. The van der Waals surface area contributed by atoms with Gasteiger partial charge in [-0.15, -0.1) is 0 Å². The molecule has 0 radical (unpaired) electrons. The van der Waals surface area contributed by atoms with Gasteiger partial charge in [0.15, 0.2) is 0 Å². The zero-order valence-corrected chi connectivity index (χ0v) is 13.4. The zero-order chi connectivity index (χ0) is 16.5. The van der Waals surface area contributed by atoms with E-state index in [9.17, 15) is 9.90 Å². The van der Waals surface area contributed by atoms with Crippen LogP contribution in [0.5, 0.6) is 0 Å². The Bertz CT molecular complexity index is 617. The van der Waals surface area contributed by atoms with Crippen molar-refractivity contribution in [1.82, 2.24) is 9.88 Å². The third kappa shape index (κ3) is 5.81. The minimum atomic E-state index is -0.0874. The van der Waals surface area contributed by atoms with Crippen LogP contribution in [0.15, 0.2) is 48.8 Å². The lowest BCUT2D eigenvalue weighted by Crippen LogP contribution is -2.34. The lowest BCUT2D eigenvalue weighted by molar-refractivity contribution is -0.117. The highest BCUT2D eigenvalue weighted by atomic mass is 16.3. The summed E-state index contributed by atoms with van der Waals surface area (Å²) in [7, 11) is 0. The predicted molar refractivity (Wildman–Crippen MR) is 91.0 cm³/mol. The lowest BCUT2D eigenvalue weighted by atomic mass is 10.1. The fraction of sp³-hybridized carbons (Fsp3) is 0.333. The van der Waals surface area contributed by atoms with Crippen molar-refractivity contribution in [2.45, 2.75) is 19.9 Å². The third-order valence-electron chi connectivity index (χ3n) is 3.53. The number of nitrogens with zero attached hydrogens (tertiary/aromatic N) is 2. The average Bonchev–Trinajstić information content (AvgIpc) is 2.56. The van der Waals surface area contributed by atoms with Crippen LogP contribution < -0.4 is 5.32 Å². The molecule has 0 saturated carbocycles. The molecule has 0 aliphatic heterocycles. The highest BCUT2D eigenvalue weighted by Crippen LogP contribution is 2.11. The number of aromatic nitrogens is 1. The summed E-state index contributed by atoms with van der Waals surface area (Å²) in [6.07, 6.45) is 4.42. The molecule has 0 aliphatic carbocycles. The number of aliphatic hydroxyl groups is 1. The number of carbonyl (C=O) groups excluding carboxylic acids is 1. The van der Waals surface area contributed by atoms with Gasteiger partial charge in [-0.05, 0) is 35.7 Å². The summed E-state index contributed by atoms with van der Waals surface area (Å²) in [6, 6.07) is 11.7. The number of benzene rings is 1. The summed E-state index contributed by atoms with van der Waals surface area (Å²) in [6.45, 7) is 3.34. The van der Waals surface area contributed by atoms with E-state index in [0.29, 0.717) is 13.1 Å². The molecule has 0 spiro atoms. The summed E-state index contributed by atoms with van der Waals surface area (Å²) in [5.74, 6) is -0.0874. The van der Waals surface area contributed by atoms with Gasteiger partial charge in [-0.1, -0.05) is 25.1 Å². The number of nitrogens with one attached hydrogen (secondary N) is 1. The predicted octanol–water partition coefficient (Wildman–Crippen LogP) is 2.08. The fourth-order valence-electron chi connectivity index (χ4n) is 2.38. The molecule has 0 saturated heterocycles. The monoisotopic (exact) mass is 313 g/mol. The van der Waals surface area contributed by atoms with Gasteiger partial charge >= 0.3 is 0 Å². The van der Waals surface area contributed by atoms with E-state index < -0.39 is 0 Å². The number of aliphatic hydroxyl groups excluding tert-OH is 1. The Morgan fingerprint density at radius 1 is 1.26 bits per heavy atom. The molecule has 2 rings (SSSR count). The van der Waals surface area contributed by atoms with E-state index in [4.69, 9.17) is 0 Å². The number of pyridine rings is 1. The molecule has 0 fully saturated rings. The zero-order valence-electron chi connectivity index (χ0n) is 13.4. The Kier molecular flexibility index (Phi) is 6.72. The maximum Gasteiger partial charge on any atom is 0.238 e. The minimum absolute atomic E-state index is 0.0128. The van der Waals surface area contributed by atoms with Crippen LogP contribution in [0.2, 0.25) is 0 Å². The second-order valence-electron chi connectivity index (χ2n) is 5.40. The third-order valence-corrected chi connectivity index (χ3v) is 3.53. The largest absolute Gasteiger partial charge is 0.395 e. The van der Waals surface area contributed by atoms with Crippen LogP contribution in [0.4, 0.5) is 5.69 Å². The van der Waals surface area contributed by atoms with Gasteiger partial charge in [0.05, 0.1) is 13.2 Å². The number of rotatable bonds is 8. The Labute approximate surface area is 137 Å². The van der Waals surface area contributed by atoms with Gasteiger partial charge in [-0.3, -0.25) is 14.7 Å². The van der Waals surface area contributed by atoms with E-state index >= 15 is 0 Å². The maximum absolute atomic E-state index is 12.2. The van der Waals surface area contributed by atoms with E-state index in [2.05, 4.69) is 17.2 Å². The molecule has 1 heterocycles. The first-order chi connectivity index (χ1) is 11.2. The number of carbonyl (C=O) groups is 1. The van der Waals surface area contributed by atoms with Crippen LogP contribution in [0, 0.1) is 0 Å². The van der Waals surface area contributed by atoms with Gasteiger partial charge < -0.3 is 10.4 Å². The van der Waals surface area contributed by atoms with Crippen LogP contribution in [0.3, 0.4) is 0 Å². The van der Waals surface area contributed by atoms with Crippen LogP contribution >= 0.6 is 0 Å². The quantitative estimate of drug-likeness (QED) is 0.783. The number of anilines is 1. The second kappa shape index (κ2) is 9.02. The number of amides is 1. The molecule has 2 N–H and O–H groups in total. The number of aryl methyl sites for hydroxylation is 1. The number of hydrogen-bond donors (Lipinski definition) is 2. The Hall–Kier alpha value is -2.24. The molecule has 0 unspecified atom stereocenters. The number of hydrogen-bond acceptors (Lipinski definition) is 4. The molecular weight excluding hydrogens is 290 g/mol. The smallest absolute Gasteiger partial charge is 0.238 e. The molecule has 2 aromatic rings. The van der Waals surface area contributed by atoms with Crippen LogP contribution in [-0.2, 0) is 17.8 Å². The molecule has 1 aromatic heterocycles. The topological polar surface area (TPSA) is 65.5 Å². The van der Waals surface area contributed by atoms with Crippen molar-refractivity contribution in [2.75, 3.05) is 25.0 Å². The minimum Gasteiger partial charge on any atom is -0.395 e.